The minimum atomic E-state index is 0.691. The van der Waals surface area contributed by atoms with Gasteiger partial charge in [-0.1, -0.05) is 0 Å². The first-order valence-electron chi connectivity index (χ1n) is 5.33. The minimum Gasteiger partial charge on any atom is -0.494 e. The predicted octanol–water partition coefficient (Wildman–Crippen LogP) is 3.05. The van der Waals surface area contributed by atoms with Crippen LogP contribution in [0.4, 0.5) is 0 Å². The number of nitrogens with one attached hydrogen (secondary N) is 2. The van der Waals surface area contributed by atoms with Crippen LogP contribution in [0, 0.1) is 0 Å². The van der Waals surface area contributed by atoms with Crippen molar-refractivity contribution in [2.75, 3.05) is 13.7 Å². The summed E-state index contributed by atoms with van der Waals surface area (Å²) >= 11 is 3.61. The third-order valence-electron chi connectivity index (χ3n) is 2.44. The SMILES string of the molecule is CCOc1ccc2[nH]c(CNC)c(Br)c2c1. The molecule has 0 aliphatic heterocycles. The first-order chi connectivity index (χ1) is 7.76. The number of aromatic nitrogens is 1. The number of hydrogen-bond donors (Lipinski definition) is 2. The van der Waals surface area contributed by atoms with Crippen LogP contribution >= 0.6 is 15.9 Å². The topological polar surface area (TPSA) is 37.0 Å². The van der Waals surface area contributed by atoms with Crippen molar-refractivity contribution in [3.05, 3.63) is 28.4 Å². The quantitative estimate of drug-likeness (QED) is 0.905. The Kier molecular flexibility index (Phi) is 3.51. The largest absolute Gasteiger partial charge is 0.494 e. The molecule has 16 heavy (non-hydrogen) atoms. The fourth-order valence-electron chi connectivity index (χ4n) is 1.75. The molecule has 0 radical (unpaired) electrons. The van der Waals surface area contributed by atoms with E-state index in [1.165, 1.54) is 0 Å². The molecule has 0 spiro atoms. The molecule has 0 atom stereocenters. The average molecular weight is 283 g/mol. The highest BCUT2D eigenvalue weighted by molar-refractivity contribution is 9.10. The number of aromatic amines is 1. The van der Waals surface area contributed by atoms with Gasteiger partial charge >= 0.3 is 0 Å². The molecule has 0 fully saturated rings. The van der Waals surface area contributed by atoms with Crippen LogP contribution in [-0.4, -0.2) is 18.6 Å². The van der Waals surface area contributed by atoms with Gasteiger partial charge in [-0.3, -0.25) is 0 Å². The van der Waals surface area contributed by atoms with Crippen LogP contribution in [0.15, 0.2) is 22.7 Å². The molecular formula is C12H15BrN2O. The molecule has 1 aromatic heterocycles. The molecule has 2 N–H and O–H groups in total. The summed E-state index contributed by atoms with van der Waals surface area (Å²) in [5.41, 5.74) is 2.28. The Morgan fingerprint density at radius 3 is 2.94 bits per heavy atom. The summed E-state index contributed by atoms with van der Waals surface area (Å²) in [7, 11) is 1.93. The van der Waals surface area contributed by atoms with Crippen molar-refractivity contribution in [1.29, 1.82) is 0 Å². The second kappa shape index (κ2) is 4.89. The van der Waals surface area contributed by atoms with Crippen LogP contribution in [0.5, 0.6) is 5.75 Å². The van der Waals surface area contributed by atoms with Gasteiger partial charge in [0.05, 0.1) is 6.61 Å². The van der Waals surface area contributed by atoms with E-state index in [0.717, 1.165) is 33.4 Å². The van der Waals surface area contributed by atoms with E-state index in [1.807, 2.05) is 26.1 Å². The van der Waals surface area contributed by atoms with E-state index in [4.69, 9.17) is 4.74 Å². The fraction of sp³-hybridized carbons (Fsp3) is 0.333. The molecule has 0 amide bonds. The molecule has 0 saturated heterocycles. The lowest BCUT2D eigenvalue weighted by molar-refractivity contribution is 0.340. The monoisotopic (exact) mass is 282 g/mol. The molecule has 4 heteroatoms. The van der Waals surface area contributed by atoms with Gasteiger partial charge in [0, 0.05) is 27.6 Å². The van der Waals surface area contributed by atoms with Crippen molar-refractivity contribution in [3.63, 3.8) is 0 Å². The van der Waals surface area contributed by atoms with Gasteiger partial charge in [0.1, 0.15) is 5.75 Å². The number of hydrogen-bond acceptors (Lipinski definition) is 2. The van der Waals surface area contributed by atoms with Gasteiger partial charge in [0.15, 0.2) is 0 Å². The van der Waals surface area contributed by atoms with E-state index in [2.05, 4.69) is 32.3 Å². The predicted molar refractivity (Wildman–Crippen MR) is 69.9 cm³/mol. The summed E-state index contributed by atoms with van der Waals surface area (Å²) in [6.45, 7) is 3.50. The highest BCUT2D eigenvalue weighted by Crippen LogP contribution is 2.30. The van der Waals surface area contributed by atoms with Crippen molar-refractivity contribution < 1.29 is 4.74 Å². The maximum Gasteiger partial charge on any atom is 0.120 e. The van der Waals surface area contributed by atoms with Gasteiger partial charge in [0.2, 0.25) is 0 Å². The second-order valence-corrected chi connectivity index (χ2v) is 4.38. The van der Waals surface area contributed by atoms with Gasteiger partial charge in [0.25, 0.3) is 0 Å². The van der Waals surface area contributed by atoms with Crippen LogP contribution < -0.4 is 10.1 Å². The lowest BCUT2D eigenvalue weighted by atomic mass is 10.2. The number of H-pyrrole nitrogens is 1. The van der Waals surface area contributed by atoms with E-state index < -0.39 is 0 Å². The smallest absolute Gasteiger partial charge is 0.120 e. The van der Waals surface area contributed by atoms with E-state index in [9.17, 15) is 0 Å². The van der Waals surface area contributed by atoms with Gasteiger partial charge in [-0.15, -0.1) is 0 Å². The Morgan fingerprint density at radius 2 is 2.25 bits per heavy atom. The molecular weight excluding hydrogens is 268 g/mol. The molecule has 1 aromatic carbocycles. The Hall–Kier alpha value is -1.00. The van der Waals surface area contributed by atoms with Gasteiger partial charge in [-0.2, -0.15) is 0 Å². The molecule has 0 aliphatic carbocycles. The Balaban J connectivity index is 2.46. The number of benzene rings is 1. The van der Waals surface area contributed by atoms with Crippen molar-refractivity contribution in [2.24, 2.45) is 0 Å². The molecule has 0 saturated carbocycles. The van der Waals surface area contributed by atoms with Gasteiger partial charge < -0.3 is 15.0 Å². The minimum absolute atomic E-state index is 0.691. The Bertz CT molecular complexity index is 493. The van der Waals surface area contributed by atoms with Crippen LogP contribution in [0.2, 0.25) is 0 Å². The molecule has 0 bridgehead atoms. The average Bonchev–Trinajstić information content (AvgIpc) is 2.58. The standard InChI is InChI=1S/C12H15BrN2O/c1-3-16-8-4-5-10-9(6-8)12(13)11(15-10)7-14-2/h4-6,14-15H,3,7H2,1-2H3. The Labute approximate surface area is 103 Å². The zero-order chi connectivity index (χ0) is 11.5. The summed E-state index contributed by atoms with van der Waals surface area (Å²) in [5, 5.41) is 4.30. The molecule has 0 unspecified atom stereocenters. The lowest BCUT2D eigenvalue weighted by Gasteiger charge is -2.02. The normalized spacial score (nSPS) is 10.9. The van der Waals surface area contributed by atoms with E-state index in [0.29, 0.717) is 6.61 Å². The van der Waals surface area contributed by atoms with E-state index >= 15 is 0 Å². The van der Waals surface area contributed by atoms with Crippen LogP contribution in [0.25, 0.3) is 10.9 Å². The highest BCUT2D eigenvalue weighted by atomic mass is 79.9. The number of fused-ring (bicyclic) bond motifs is 1. The first-order valence-corrected chi connectivity index (χ1v) is 6.13. The second-order valence-electron chi connectivity index (χ2n) is 3.59. The summed E-state index contributed by atoms with van der Waals surface area (Å²) in [6, 6.07) is 6.08. The van der Waals surface area contributed by atoms with Crippen LogP contribution in [0.1, 0.15) is 12.6 Å². The lowest BCUT2D eigenvalue weighted by Crippen LogP contribution is -2.05. The van der Waals surface area contributed by atoms with E-state index in [1.54, 1.807) is 0 Å². The number of halogens is 1. The molecule has 3 nitrogen and oxygen atoms in total. The summed E-state index contributed by atoms with van der Waals surface area (Å²) in [4.78, 5) is 3.37. The number of ether oxygens (including phenoxy) is 1. The highest BCUT2D eigenvalue weighted by Gasteiger charge is 2.08. The zero-order valence-electron chi connectivity index (χ0n) is 9.43. The molecule has 2 aromatic rings. The maximum absolute atomic E-state index is 5.49. The first kappa shape index (κ1) is 11.5. The number of rotatable bonds is 4. The van der Waals surface area contributed by atoms with Crippen LogP contribution in [0.3, 0.4) is 0 Å². The van der Waals surface area contributed by atoms with Crippen molar-refractivity contribution in [3.8, 4) is 5.75 Å². The fourth-order valence-corrected chi connectivity index (χ4v) is 2.32. The third kappa shape index (κ3) is 2.08. The van der Waals surface area contributed by atoms with Crippen molar-refractivity contribution in [1.82, 2.24) is 10.3 Å². The Morgan fingerprint density at radius 1 is 1.44 bits per heavy atom. The van der Waals surface area contributed by atoms with Crippen LogP contribution in [-0.2, 0) is 6.54 Å². The summed E-state index contributed by atoms with van der Waals surface area (Å²) in [5.74, 6) is 0.908. The summed E-state index contributed by atoms with van der Waals surface area (Å²) < 4.78 is 6.60. The maximum atomic E-state index is 5.49. The van der Waals surface area contributed by atoms with Gasteiger partial charge in [-0.25, -0.2) is 0 Å². The third-order valence-corrected chi connectivity index (χ3v) is 3.35. The zero-order valence-corrected chi connectivity index (χ0v) is 11.0. The van der Waals surface area contributed by atoms with Crippen molar-refractivity contribution >= 4 is 26.8 Å². The van der Waals surface area contributed by atoms with Crippen molar-refractivity contribution in [2.45, 2.75) is 13.5 Å². The summed E-state index contributed by atoms with van der Waals surface area (Å²) in [6.07, 6.45) is 0. The molecule has 86 valence electrons. The molecule has 0 aliphatic rings. The molecule has 2 rings (SSSR count). The van der Waals surface area contributed by atoms with E-state index in [-0.39, 0.29) is 0 Å². The molecule has 1 heterocycles. The van der Waals surface area contributed by atoms with Gasteiger partial charge in [-0.05, 0) is 48.1 Å².